The van der Waals surface area contributed by atoms with Crippen LogP contribution in [0.2, 0.25) is 0 Å². The zero-order chi connectivity index (χ0) is 14.8. The van der Waals surface area contributed by atoms with Crippen molar-refractivity contribution in [2.24, 2.45) is 0 Å². The molecule has 0 amide bonds. The maximum absolute atomic E-state index is 4.82. The first kappa shape index (κ1) is 14.1. The van der Waals surface area contributed by atoms with E-state index in [1.807, 2.05) is 20.0 Å². The van der Waals surface area contributed by atoms with E-state index in [4.69, 9.17) is 4.98 Å². The molecule has 4 heteroatoms. The van der Waals surface area contributed by atoms with Crippen molar-refractivity contribution >= 4 is 0 Å². The van der Waals surface area contributed by atoms with E-state index in [-0.39, 0.29) is 0 Å². The van der Waals surface area contributed by atoms with E-state index in [0.717, 1.165) is 35.7 Å². The van der Waals surface area contributed by atoms with Crippen molar-refractivity contribution in [3.8, 4) is 11.4 Å². The van der Waals surface area contributed by atoms with Crippen LogP contribution in [0, 0.1) is 13.8 Å². The number of hydrogen-bond donors (Lipinski definition) is 1. The van der Waals surface area contributed by atoms with E-state index in [1.54, 1.807) is 0 Å². The summed E-state index contributed by atoms with van der Waals surface area (Å²) in [5.41, 5.74) is 5.56. The van der Waals surface area contributed by atoms with Gasteiger partial charge in [0.25, 0.3) is 0 Å². The molecule has 1 atom stereocenters. The Morgan fingerprint density at radius 3 is 2.67 bits per heavy atom. The summed E-state index contributed by atoms with van der Waals surface area (Å²) >= 11 is 0. The highest BCUT2D eigenvalue weighted by atomic mass is 14.9. The average Bonchev–Trinajstić information content (AvgIpc) is 2.46. The Labute approximate surface area is 126 Å². The highest BCUT2D eigenvalue weighted by molar-refractivity contribution is 5.56. The number of aryl methyl sites for hydroxylation is 3. The minimum absolute atomic E-state index is 0.411. The first-order chi connectivity index (χ1) is 10.2. The molecule has 1 aliphatic rings. The summed E-state index contributed by atoms with van der Waals surface area (Å²) in [6, 6.07) is 4.52. The third-order valence-electron chi connectivity index (χ3n) is 3.97. The fourth-order valence-electron chi connectivity index (χ4n) is 3.11. The lowest BCUT2D eigenvalue weighted by Crippen LogP contribution is -2.25. The van der Waals surface area contributed by atoms with Gasteiger partial charge < -0.3 is 5.32 Å². The van der Waals surface area contributed by atoms with E-state index < -0.39 is 0 Å². The molecule has 4 nitrogen and oxygen atoms in total. The summed E-state index contributed by atoms with van der Waals surface area (Å²) in [5, 5.41) is 3.53. The smallest absolute Gasteiger partial charge is 0.159 e. The van der Waals surface area contributed by atoms with Crippen LogP contribution >= 0.6 is 0 Å². The number of aromatic nitrogens is 3. The Hall–Kier alpha value is -1.81. The maximum atomic E-state index is 4.82. The summed E-state index contributed by atoms with van der Waals surface area (Å²) in [6.07, 6.45) is 5.43. The molecule has 0 bridgehead atoms. The van der Waals surface area contributed by atoms with Crippen LogP contribution in [-0.4, -0.2) is 21.5 Å². The minimum Gasteiger partial charge on any atom is -0.310 e. The molecular formula is C17H22N4. The van der Waals surface area contributed by atoms with Crippen molar-refractivity contribution in [2.45, 2.75) is 46.1 Å². The molecule has 0 saturated heterocycles. The van der Waals surface area contributed by atoms with Gasteiger partial charge in [-0.25, -0.2) is 9.97 Å². The lowest BCUT2D eigenvalue weighted by atomic mass is 9.92. The van der Waals surface area contributed by atoms with Crippen LogP contribution in [0.5, 0.6) is 0 Å². The Morgan fingerprint density at radius 2 is 1.95 bits per heavy atom. The van der Waals surface area contributed by atoms with Gasteiger partial charge in [-0.05, 0) is 51.8 Å². The largest absolute Gasteiger partial charge is 0.310 e. The quantitative estimate of drug-likeness (QED) is 0.939. The van der Waals surface area contributed by atoms with Gasteiger partial charge in [-0.15, -0.1) is 0 Å². The standard InChI is InChI=1S/C17H22N4/c1-4-18-15-6-5-7-16-14(15)10-19-17(21-16)13-8-11(2)20-12(3)9-13/h8-10,15,18H,4-7H2,1-3H3. The summed E-state index contributed by atoms with van der Waals surface area (Å²) in [5.74, 6) is 0.819. The number of pyridine rings is 1. The van der Waals surface area contributed by atoms with Crippen molar-refractivity contribution in [3.63, 3.8) is 0 Å². The molecule has 2 aromatic rings. The highest BCUT2D eigenvalue weighted by Crippen LogP contribution is 2.29. The lowest BCUT2D eigenvalue weighted by Gasteiger charge is -2.25. The molecule has 21 heavy (non-hydrogen) atoms. The summed E-state index contributed by atoms with van der Waals surface area (Å²) in [7, 11) is 0. The fraction of sp³-hybridized carbons (Fsp3) is 0.471. The summed E-state index contributed by atoms with van der Waals surface area (Å²) in [6.45, 7) is 7.15. The number of nitrogens with one attached hydrogen (secondary N) is 1. The molecule has 0 aromatic carbocycles. The molecule has 1 aliphatic carbocycles. The van der Waals surface area contributed by atoms with E-state index in [1.165, 1.54) is 24.1 Å². The minimum atomic E-state index is 0.411. The molecule has 3 rings (SSSR count). The molecule has 110 valence electrons. The van der Waals surface area contributed by atoms with Gasteiger partial charge in [0.15, 0.2) is 5.82 Å². The van der Waals surface area contributed by atoms with Crippen LogP contribution < -0.4 is 5.32 Å². The van der Waals surface area contributed by atoms with Crippen LogP contribution in [0.4, 0.5) is 0 Å². The molecular weight excluding hydrogens is 260 g/mol. The van der Waals surface area contributed by atoms with Crippen LogP contribution in [0.25, 0.3) is 11.4 Å². The maximum Gasteiger partial charge on any atom is 0.159 e. The number of fused-ring (bicyclic) bond motifs is 1. The van der Waals surface area contributed by atoms with Crippen molar-refractivity contribution < 1.29 is 0 Å². The third-order valence-corrected chi connectivity index (χ3v) is 3.97. The number of hydrogen-bond acceptors (Lipinski definition) is 4. The molecule has 0 fully saturated rings. The predicted molar refractivity (Wildman–Crippen MR) is 84.1 cm³/mol. The average molecular weight is 282 g/mol. The van der Waals surface area contributed by atoms with Crippen molar-refractivity contribution in [1.82, 2.24) is 20.3 Å². The monoisotopic (exact) mass is 282 g/mol. The Balaban J connectivity index is 1.99. The second-order valence-electron chi connectivity index (χ2n) is 5.74. The zero-order valence-corrected chi connectivity index (χ0v) is 13.0. The van der Waals surface area contributed by atoms with Gasteiger partial charge in [0.1, 0.15) is 0 Å². The Morgan fingerprint density at radius 1 is 1.19 bits per heavy atom. The predicted octanol–water partition coefficient (Wildman–Crippen LogP) is 3.14. The first-order valence-corrected chi connectivity index (χ1v) is 7.72. The molecule has 0 radical (unpaired) electrons. The van der Waals surface area contributed by atoms with Crippen LogP contribution in [-0.2, 0) is 6.42 Å². The summed E-state index contributed by atoms with van der Waals surface area (Å²) < 4.78 is 0. The number of rotatable bonds is 3. The third kappa shape index (κ3) is 2.95. The molecule has 0 spiro atoms. The molecule has 0 aliphatic heterocycles. The second-order valence-corrected chi connectivity index (χ2v) is 5.74. The fourth-order valence-corrected chi connectivity index (χ4v) is 3.11. The zero-order valence-electron chi connectivity index (χ0n) is 13.0. The molecule has 1 unspecified atom stereocenters. The van der Waals surface area contributed by atoms with E-state index >= 15 is 0 Å². The van der Waals surface area contributed by atoms with E-state index in [2.05, 4.69) is 34.3 Å². The molecule has 2 heterocycles. The van der Waals surface area contributed by atoms with Gasteiger partial charge >= 0.3 is 0 Å². The summed E-state index contributed by atoms with van der Waals surface area (Å²) in [4.78, 5) is 13.8. The van der Waals surface area contributed by atoms with Gasteiger partial charge in [0.05, 0.1) is 0 Å². The molecule has 2 aromatic heterocycles. The number of nitrogens with zero attached hydrogens (tertiary/aromatic N) is 3. The van der Waals surface area contributed by atoms with E-state index in [9.17, 15) is 0 Å². The van der Waals surface area contributed by atoms with Gasteiger partial charge in [0.2, 0.25) is 0 Å². The van der Waals surface area contributed by atoms with E-state index in [0.29, 0.717) is 6.04 Å². The van der Waals surface area contributed by atoms with Gasteiger partial charge in [0, 0.05) is 40.4 Å². The van der Waals surface area contributed by atoms with Crippen molar-refractivity contribution in [3.05, 3.63) is 41.0 Å². The normalized spacial score (nSPS) is 17.6. The Kier molecular flexibility index (Phi) is 3.97. The molecule has 1 N–H and O–H groups in total. The van der Waals surface area contributed by atoms with Crippen molar-refractivity contribution in [2.75, 3.05) is 6.54 Å². The first-order valence-electron chi connectivity index (χ1n) is 7.72. The SMILES string of the molecule is CCNC1CCCc2nc(-c3cc(C)nc(C)c3)ncc21. The highest BCUT2D eigenvalue weighted by Gasteiger charge is 2.21. The second kappa shape index (κ2) is 5.90. The lowest BCUT2D eigenvalue weighted by molar-refractivity contribution is 0.464. The van der Waals surface area contributed by atoms with Gasteiger partial charge in [-0.2, -0.15) is 0 Å². The van der Waals surface area contributed by atoms with Crippen LogP contribution in [0.3, 0.4) is 0 Å². The van der Waals surface area contributed by atoms with Gasteiger partial charge in [-0.1, -0.05) is 6.92 Å². The van der Waals surface area contributed by atoms with Crippen molar-refractivity contribution in [1.29, 1.82) is 0 Å². The topological polar surface area (TPSA) is 50.7 Å². The van der Waals surface area contributed by atoms with Crippen LogP contribution in [0.1, 0.15) is 48.5 Å². The van der Waals surface area contributed by atoms with Crippen LogP contribution in [0.15, 0.2) is 18.3 Å². The molecule has 0 saturated carbocycles. The Bertz CT molecular complexity index is 631. The van der Waals surface area contributed by atoms with Gasteiger partial charge in [-0.3, -0.25) is 4.98 Å².